The third kappa shape index (κ3) is 4.77. The molecule has 10 nitrogen and oxygen atoms in total. The summed E-state index contributed by atoms with van der Waals surface area (Å²) in [6.45, 7) is 1.91. The molecule has 0 unspecified atom stereocenters. The normalized spacial score (nSPS) is 14.5. The van der Waals surface area contributed by atoms with E-state index in [1.807, 2.05) is 6.07 Å². The molecule has 164 valence electrons. The minimum atomic E-state index is -3.76. The standard InChI is InChI=1S/C19H20N4O6S2/c1-27-15-5-3-2-4-13(15)11-20-31(25,26)16-10-14(12-30-16)17-21-18(29-22-17)19(24)23-6-8-28-9-7-23/h2-5,10,12,20H,6-9,11H2,1H3. The summed E-state index contributed by atoms with van der Waals surface area (Å²) in [6, 6.07) is 8.61. The maximum absolute atomic E-state index is 12.7. The van der Waals surface area contributed by atoms with Crippen LogP contribution in [-0.4, -0.2) is 62.8 Å². The molecule has 0 radical (unpaired) electrons. The highest BCUT2D eigenvalue weighted by atomic mass is 32.2. The summed E-state index contributed by atoms with van der Waals surface area (Å²) in [5.74, 6) is 0.241. The highest BCUT2D eigenvalue weighted by Crippen LogP contribution is 2.27. The van der Waals surface area contributed by atoms with Crippen molar-refractivity contribution in [3.63, 3.8) is 0 Å². The Morgan fingerprint density at radius 1 is 1.29 bits per heavy atom. The van der Waals surface area contributed by atoms with Gasteiger partial charge in [0.05, 0.1) is 20.3 Å². The van der Waals surface area contributed by atoms with Gasteiger partial charge in [-0.1, -0.05) is 23.4 Å². The molecule has 12 heteroatoms. The molecule has 0 aliphatic carbocycles. The topological polar surface area (TPSA) is 124 Å². The van der Waals surface area contributed by atoms with Crippen LogP contribution in [0.25, 0.3) is 11.4 Å². The van der Waals surface area contributed by atoms with Crippen LogP contribution in [0.4, 0.5) is 0 Å². The number of amides is 1. The maximum Gasteiger partial charge on any atom is 0.316 e. The SMILES string of the molecule is COc1ccccc1CNS(=O)(=O)c1cc(-c2noc(C(=O)N3CCOCC3)n2)cs1. The summed E-state index contributed by atoms with van der Waals surface area (Å²) in [4.78, 5) is 18.1. The van der Waals surface area contributed by atoms with Crippen LogP contribution in [0.3, 0.4) is 0 Å². The highest BCUT2D eigenvalue weighted by Gasteiger charge is 2.25. The molecule has 31 heavy (non-hydrogen) atoms. The molecule has 0 spiro atoms. The van der Waals surface area contributed by atoms with Crippen molar-refractivity contribution >= 4 is 27.3 Å². The van der Waals surface area contributed by atoms with E-state index in [9.17, 15) is 13.2 Å². The van der Waals surface area contributed by atoms with Gasteiger partial charge in [0.15, 0.2) is 0 Å². The third-order valence-electron chi connectivity index (χ3n) is 4.65. The number of hydrogen-bond donors (Lipinski definition) is 1. The number of carbonyl (C=O) groups excluding carboxylic acids is 1. The molecular weight excluding hydrogens is 444 g/mol. The average molecular weight is 465 g/mol. The van der Waals surface area contributed by atoms with E-state index in [-0.39, 0.29) is 28.4 Å². The molecule has 1 saturated heterocycles. The van der Waals surface area contributed by atoms with Crippen LogP contribution in [0, 0.1) is 0 Å². The Labute approximate surface area is 182 Å². The van der Waals surface area contributed by atoms with Crippen molar-refractivity contribution < 1.29 is 27.2 Å². The van der Waals surface area contributed by atoms with E-state index >= 15 is 0 Å². The van der Waals surface area contributed by atoms with Crippen molar-refractivity contribution in [2.24, 2.45) is 0 Å². The predicted molar refractivity (Wildman–Crippen MR) is 111 cm³/mol. The van der Waals surface area contributed by atoms with Gasteiger partial charge in [0.25, 0.3) is 0 Å². The monoisotopic (exact) mass is 464 g/mol. The number of methoxy groups -OCH3 is 1. The summed E-state index contributed by atoms with van der Waals surface area (Å²) < 4.78 is 43.6. The van der Waals surface area contributed by atoms with E-state index < -0.39 is 10.0 Å². The summed E-state index contributed by atoms with van der Waals surface area (Å²) in [6.07, 6.45) is 0. The number of rotatable bonds is 7. The fourth-order valence-corrected chi connectivity index (χ4v) is 5.21. The number of nitrogens with one attached hydrogen (secondary N) is 1. The van der Waals surface area contributed by atoms with Crippen molar-refractivity contribution in [3.05, 3.63) is 47.2 Å². The van der Waals surface area contributed by atoms with Gasteiger partial charge in [0.2, 0.25) is 15.8 Å². The minimum Gasteiger partial charge on any atom is -0.496 e. The number of aromatic nitrogens is 2. The number of benzene rings is 1. The van der Waals surface area contributed by atoms with Crippen molar-refractivity contribution in [1.29, 1.82) is 0 Å². The van der Waals surface area contributed by atoms with Crippen molar-refractivity contribution in [2.45, 2.75) is 10.8 Å². The van der Waals surface area contributed by atoms with Gasteiger partial charge >= 0.3 is 11.8 Å². The quantitative estimate of drug-likeness (QED) is 0.561. The number of nitrogens with zero attached hydrogens (tertiary/aromatic N) is 3. The molecule has 0 atom stereocenters. The molecule has 0 saturated carbocycles. The lowest BCUT2D eigenvalue weighted by molar-refractivity contribution is 0.0272. The second-order valence-electron chi connectivity index (χ2n) is 6.62. The molecule has 0 bridgehead atoms. The Morgan fingerprint density at radius 3 is 2.84 bits per heavy atom. The van der Waals surface area contributed by atoms with E-state index in [4.69, 9.17) is 14.0 Å². The number of morpholine rings is 1. The van der Waals surface area contributed by atoms with Crippen molar-refractivity contribution in [2.75, 3.05) is 33.4 Å². The van der Waals surface area contributed by atoms with Crippen LogP contribution in [0.2, 0.25) is 0 Å². The van der Waals surface area contributed by atoms with Gasteiger partial charge in [-0.15, -0.1) is 11.3 Å². The first kappa shape index (κ1) is 21.4. The minimum absolute atomic E-state index is 0.0833. The average Bonchev–Trinajstić information content (AvgIpc) is 3.48. The molecule has 3 aromatic rings. The molecule has 4 rings (SSSR count). The van der Waals surface area contributed by atoms with Gasteiger partial charge in [-0.25, -0.2) is 13.1 Å². The van der Waals surface area contributed by atoms with E-state index in [0.717, 1.165) is 16.9 Å². The lowest BCUT2D eigenvalue weighted by Gasteiger charge is -2.25. The fraction of sp³-hybridized carbons (Fsp3) is 0.316. The molecule has 1 N–H and O–H groups in total. The molecule has 1 aliphatic rings. The zero-order valence-electron chi connectivity index (χ0n) is 16.6. The van der Waals surface area contributed by atoms with Crippen LogP contribution in [0.5, 0.6) is 5.75 Å². The zero-order chi connectivity index (χ0) is 21.8. The predicted octanol–water partition coefficient (Wildman–Crippen LogP) is 1.76. The molecule has 1 amide bonds. The second kappa shape index (κ2) is 9.14. The summed E-state index contributed by atoms with van der Waals surface area (Å²) in [5, 5.41) is 5.43. The van der Waals surface area contributed by atoms with Crippen LogP contribution < -0.4 is 9.46 Å². The molecule has 1 aromatic carbocycles. The highest BCUT2D eigenvalue weighted by molar-refractivity contribution is 7.91. The molecular formula is C19H20N4O6S2. The number of carbonyl (C=O) groups is 1. The number of para-hydroxylation sites is 1. The third-order valence-corrected chi connectivity index (χ3v) is 7.49. The van der Waals surface area contributed by atoms with Gasteiger partial charge in [-0.2, -0.15) is 4.98 Å². The van der Waals surface area contributed by atoms with Gasteiger partial charge < -0.3 is 18.9 Å². The van der Waals surface area contributed by atoms with Crippen molar-refractivity contribution in [3.8, 4) is 17.1 Å². The Hall–Kier alpha value is -2.80. The van der Waals surface area contributed by atoms with Crippen molar-refractivity contribution in [1.82, 2.24) is 19.8 Å². The number of thiophene rings is 1. The lowest BCUT2D eigenvalue weighted by atomic mass is 10.2. The second-order valence-corrected chi connectivity index (χ2v) is 9.52. The Balaban J connectivity index is 1.46. The molecule has 2 aromatic heterocycles. The maximum atomic E-state index is 12.7. The first-order chi connectivity index (χ1) is 15.0. The summed E-state index contributed by atoms with van der Waals surface area (Å²) >= 11 is 1.03. The first-order valence-electron chi connectivity index (χ1n) is 9.39. The van der Waals surface area contributed by atoms with E-state index in [1.165, 1.54) is 13.2 Å². The molecule has 1 fully saturated rings. The smallest absolute Gasteiger partial charge is 0.316 e. The van der Waals surface area contributed by atoms with Crippen LogP contribution in [0.1, 0.15) is 16.2 Å². The zero-order valence-corrected chi connectivity index (χ0v) is 18.2. The Bertz CT molecular complexity index is 1170. The molecule has 3 heterocycles. The number of ether oxygens (including phenoxy) is 2. The first-order valence-corrected chi connectivity index (χ1v) is 11.8. The van der Waals surface area contributed by atoms with Crippen LogP contribution in [0.15, 0.2) is 44.4 Å². The van der Waals surface area contributed by atoms with Gasteiger partial charge in [0, 0.05) is 36.1 Å². The summed E-state index contributed by atoms with van der Waals surface area (Å²) in [7, 11) is -2.23. The van der Waals surface area contributed by atoms with Gasteiger partial charge in [-0.3, -0.25) is 4.79 Å². The summed E-state index contributed by atoms with van der Waals surface area (Å²) in [5.41, 5.74) is 1.17. The van der Waals surface area contributed by atoms with E-state index in [1.54, 1.807) is 28.5 Å². The van der Waals surface area contributed by atoms with E-state index in [2.05, 4.69) is 14.9 Å². The largest absolute Gasteiger partial charge is 0.496 e. The van der Waals surface area contributed by atoms with Gasteiger partial charge in [-0.05, 0) is 12.1 Å². The Morgan fingerprint density at radius 2 is 2.06 bits per heavy atom. The molecule has 1 aliphatic heterocycles. The van der Waals surface area contributed by atoms with Crippen LogP contribution in [-0.2, 0) is 21.3 Å². The van der Waals surface area contributed by atoms with E-state index in [0.29, 0.717) is 37.6 Å². The van der Waals surface area contributed by atoms with Gasteiger partial charge in [0.1, 0.15) is 9.96 Å². The number of sulfonamides is 1. The Kier molecular flexibility index (Phi) is 6.32. The lowest BCUT2D eigenvalue weighted by Crippen LogP contribution is -2.40. The fourth-order valence-electron chi connectivity index (χ4n) is 3.00. The van der Waals surface area contributed by atoms with Crippen LogP contribution >= 0.6 is 11.3 Å². The number of hydrogen-bond acceptors (Lipinski definition) is 9.